The molecule has 6 heteroatoms. The molecule has 0 unspecified atom stereocenters. The molecule has 0 radical (unpaired) electrons. The number of methoxy groups -OCH3 is 1. The van der Waals surface area contributed by atoms with Gasteiger partial charge in [-0.25, -0.2) is 0 Å². The Bertz CT molecular complexity index is 844. The lowest BCUT2D eigenvalue weighted by atomic mass is 10.1. The monoisotopic (exact) mass is 325 g/mol. The molecule has 0 saturated carbocycles. The number of aromatic nitrogens is 4. The van der Waals surface area contributed by atoms with Gasteiger partial charge in [-0.05, 0) is 37.5 Å². The number of nitrogens with zero attached hydrogens (tertiary/aromatic N) is 4. The second-order valence-corrected chi connectivity index (χ2v) is 6.38. The molecule has 1 aliphatic heterocycles. The van der Waals surface area contributed by atoms with Gasteiger partial charge < -0.3 is 14.6 Å². The number of hydrogen-bond acceptors (Lipinski definition) is 4. The Hall–Kier alpha value is -2.34. The molecule has 1 fully saturated rings. The smallest absolute Gasteiger partial charge is 0.227 e. The van der Waals surface area contributed by atoms with Crippen LogP contribution in [0.5, 0.6) is 0 Å². The van der Waals surface area contributed by atoms with E-state index in [1.54, 1.807) is 7.11 Å². The first-order valence-corrected chi connectivity index (χ1v) is 8.54. The Kier molecular flexibility index (Phi) is 3.98. The summed E-state index contributed by atoms with van der Waals surface area (Å²) in [5.41, 5.74) is 3.40. The highest BCUT2D eigenvalue weighted by atomic mass is 16.5. The third kappa shape index (κ3) is 2.57. The molecular weight excluding hydrogens is 302 g/mol. The minimum atomic E-state index is 0.644. The number of rotatable bonds is 5. The van der Waals surface area contributed by atoms with E-state index >= 15 is 0 Å². The lowest BCUT2D eigenvalue weighted by Gasteiger charge is -2.18. The van der Waals surface area contributed by atoms with Gasteiger partial charge in [-0.3, -0.25) is 4.57 Å². The largest absolute Gasteiger partial charge is 0.383 e. The molecule has 0 aliphatic carbocycles. The van der Waals surface area contributed by atoms with Crippen LogP contribution in [0.25, 0.3) is 22.4 Å². The predicted molar refractivity (Wildman–Crippen MR) is 95.4 cm³/mol. The maximum Gasteiger partial charge on any atom is 0.227 e. The molecule has 24 heavy (non-hydrogen) atoms. The molecule has 1 N–H and O–H groups in total. The minimum absolute atomic E-state index is 0.644. The topological polar surface area (TPSA) is 59.0 Å². The van der Waals surface area contributed by atoms with Gasteiger partial charge in [-0.1, -0.05) is 12.1 Å². The molecular formula is C18H23N5O. The van der Waals surface area contributed by atoms with Crippen molar-refractivity contribution >= 4 is 16.9 Å². The summed E-state index contributed by atoms with van der Waals surface area (Å²) in [7, 11) is 1.73. The highest BCUT2D eigenvalue weighted by molar-refractivity contribution is 5.87. The zero-order valence-electron chi connectivity index (χ0n) is 14.2. The summed E-state index contributed by atoms with van der Waals surface area (Å²) in [4.78, 5) is 5.81. The highest BCUT2D eigenvalue weighted by Crippen LogP contribution is 2.28. The van der Waals surface area contributed by atoms with Crippen molar-refractivity contribution in [2.45, 2.75) is 26.3 Å². The Morgan fingerprint density at radius 3 is 2.79 bits per heavy atom. The maximum absolute atomic E-state index is 5.30. The zero-order valence-corrected chi connectivity index (χ0v) is 14.2. The summed E-state index contributed by atoms with van der Waals surface area (Å²) in [6, 6.07) is 8.48. The molecule has 1 saturated heterocycles. The summed E-state index contributed by atoms with van der Waals surface area (Å²) >= 11 is 0. The average molecular weight is 325 g/mol. The maximum atomic E-state index is 5.30. The number of fused-ring (bicyclic) bond motifs is 1. The first-order valence-electron chi connectivity index (χ1n) is 8.54. The lowest BCUT2D eigenvalue weighted by Crippen LogP contribution is -2.23. The Balaban J connectivity index is 1.79. The number of nitrogens with one attached hydrogen (secondary N) is 1. The SMILES string of the molecule is COCCn1c(-c2cc3c(C)cccc3[nH]2)nnc1N1CCCC1. The van der Waals surface area contributed by atoms with Gasteiger partial charge in [0.1, 0.15) is 0 Å². The molecule has 0 spiro atoms. The Morgan fingerprint density at radius 2 is 2.04 bits per heavy atom. The van der Waals surface area contributed by atoms with E-state index in [2.05, 4.69) is 55.8 Å². The number of aromatic amines is 1. The normalized spacial score (nSPS) is 14.8. The van der Waals surface area contributed by atoms with E-state index in [0.717, 1.165) is 42.6 Å². The van der Waals surface area contributed by atoms with Crippen molar-refractivity contribution in [1.82, 2.24) is 19.7 Å². The van der Waals surface area contributed by atoms with E-state index in [0.29, 0.717) is 6.61 Å². The average Bonchev–Trinajstić information content (AvgIpc) is 3.30. The summed E-state index contributed by atoms with van der Waals surface area (Å²) < 4.78 is 7.47. The van der Waals surface area contributed by atoms with Gasteiger partial charge in [0, 0.05) is 31.1 Å². The quantitative estimate of drug-likeness (QED) is 0.783. The van der Waals surface area contributed by atoms with Crippen LogP contribution < -0.4 is 4.90 Å². The molecule has 0 amide bonds. The number of hydrogen-bond donors (Lipinski definition) is 1. The van der Waals surface area contributed by atoms with Crippen LogP contribution in [0.15, 0.2) is 24.3 Å². The van der Waals surface area contributed by atoms with Crippen molar-refractivity contribution in [2.24, 2.45) is 0 Å². The molecule has 1 aromatic carbocycles. The number of anilines is 1. The fourth-order valence-corrected chi connectivity index (χ4v) is 3.46. The van der Waals surface area contributed by atoms with Crippen molar-refractivity contribution in [3.05, 3.63) is 29.8 Å². The summed E-state index contributed by atoms with van der Waals surface area (Å²) in [5, 5.41) is 10.2. The van der Waals surface area contributed by atoms with Crippen molar-refractivity contribution in [3.63, 3.8) is 0 Å². The standard InChI is InChI=1S/C18H23N5O/c1-13-6-5-7-15-14(13)12-16(19-15)17-20-21-18(22-8-3-4-9-22)23(17)10-11-24-2/h5-7,12,19H,3-4,8-11H2,1-2H3. The first kappa shape index (κ1) is 15.2. The first-order chi connectivity index (χ1) is 11.8. The third-order valence-corrected chi connectivity index (χ3v) is 4.76. The fraction of sp³-hybridized carbons (Fsp3) is 0.444. The van der Waals surface area contributed by atoms with Crippen LogP contribution in [0.2, 0.25) is 0 Å². The molecule has 1 aliphatic rings. The summed E-state index contributed by atoms with van der Waals surface area (Å²) in [6.45, 7) is 5.63. The van der Waals surface area contributed by atoms with Gasteiger partial charge in [0.25, 0.3) is 0 Å². The van der Waals surface area contributed by atoms with Crippen molar-refractivity contribution < 1.29 is 4.74 Å². The Morgan fingerprint density at radius 1 is 1.21 bits per heavy atom. The fourth-order valence-electron chi connectivity index (χ4n) is 3.46. The van der Waals surface area contributed by atoms with Crippen LogP contribution >= 0.6 is 0 Å². The third-order valence-electron chi connectivity index (χ3n) is 4.76. The molecule has 6 nitrogen and oxygen atoms in total. The summed E-state index contributed by atoms with van der Waals surface area (Å²) in [6.07, 6.45) is 2.44. The van der Waals surface area contributed by atoms with E-state index in [-0.39, 0.29) is 0 Å². The highest BCUT2D eigenvalue weighted by Gasteiger charge is 2.22. The minimum Gasteiger partial charge on any atom is -0.383 e. The van der Waals surface area contributed by atoms with E-state index < -0.39 is 0 Å². The van der Waals surface area contributed by atoms with Crippen LogP contribution in [0.4, 0.5) is 5.95 Å². The van der Waals surface area contributed by atoms with E-state index in [1.165, 1.54) is 23.8 Å². The van der Waals surface area contributed by atoms with Gasteiger partial charge in [0.2, 0.25) is 5.95 Å². The molecule has 3 aromatic rings. The number of aryl methyl sites for hydroxylation is 1. The van der Waals surface area contributed by atoms with Crippen LogP contribution in [0.3, 0.4) is 0 Å². The van der Waals surface area contributed by atoms with Crippen LogP contribution in [0, 0.1) is 6.92 Å². The molecule has 0 bridgehead atoms. The molecule has 3 heterocycles. The number of ether oxygens (including phenoxy) is 1. The number of H-pyrrole nitrogens is 1. The van der Waals surface area contributed by atoms with Gasteiger partial charge in [-0.2, -0.15) is 0 Å². The lowest BCUT2D eigenvalue weighted by molar-refractivity contribution is 0.188. The van der Waals surface area contributed by atoms with E-state index in [4.69, 9.17) is 4.74 Å². The summed E-state index contributed by atoms with van der Waals surface area (Å²) in [5.74, 6) is 1.83. The number of benzene rings is 1. The van der Waals surface area contributed by atoms with Gasteiger partial charge in [0.05, 0.1) is 18.8 Å². The van der Waals surface area contributed by atoms with Crippen LogP contribution in [-0.2, 0) is 11.3 Å². The van der Waals surface area contributed by atoms with Crippen molar-refractivity contribution in [2.75, 3.05) is 31.7 Å². The second-order valence-electron chi connectivity index (χ2n) is 6.38. The molecule has 126 valence electrons. The molecule has 2 aromatic heterocycles. The van der Waals surface area contributed by atoms with E-state index in [1.807, 2.05) is 0 Å². The van der Waals surface area contributed by atoms with E-state index in [9.17, 15) is 0 Å². The van der Waals surface area contributed by atoms with Crippen LogP contribution in [-0.4, -0.2) is 46.6 Å². The second kappa shape index (κ2) is 6.28. The Labute approximate surface area is 141 Å². The van der Waals surface area contributed by atoms with Crippen molar-refractivity contribution in [1.29, 1.82) is 0 Å². The van der Waals surface area contributed by atoms with Gasteiger partial charge in [0.15, 0.2) is 5.82 Å². The van der Waals surface area contributed by atoms with Gasteiger partial charge in [-0.15, -0.1) is 10.2 Å². The molecule has 4 rings (SSSR count). The van der Waals surface area contributed by atoms with Gasteiger partial charge >= 0.3 is 0 Å². The zero-order chi connectivity index (χ0) is 16.5. The predicted octanol–water partition coefficient (Wildman–Crippen LogP) is 2.98. The molecule has 0 atom stereocenters. The van der Waals surface area contributed by atoms with Crippen molar-refractivity contribution in [3.8, 4) is 11.5 Å². The van der Waals surface area contributed by atoms with Crippen LogP contribution in [0.1, 0.15) is 18.4 Å².